The molecule has 0 bridgehead atoms. The van der Waals surface area contributed by atoms with Crippen molar-refractivity contribution >= 4 is 17.2 Å². The Morgan fingerprint density at radius 2 is 1.90 bits per heavy atom. The Hall–Kier alpha value is -2.90. The molecular formula is C12H12N6O2. The molecule has 2 aromatic heterocycles. The van der Waals surface area contributed by atoms with Crippen LogP contribution in [0.3, 0.4) is 0 Å². The maximum atomic E-state index is 5.25. The van der Waals surface area contributed by atoms with Crippen LogP contribution in [0.5, 0.6) is 11.5 Å². The summed E-state index contributed by atoms with van der Waals surface area (Å²) in [6.45, 7) is 0. The normalized spacial score (nSPS) is 10.5. The second kappa shape index (κ2) is 5.00. The van der Waals surface area contributed by atoms with Crippen molar-refractivity contribution in [2.24, 2.45) is 0 Å². The molecule has 3 rings (SSSR count). The summed E-state index contributed by atoms with van der Waals surface area (Å²) in [4.78, 5) is 0. The second-order valence-electron chi connectivity index (χ2n) is 3.94. The van der Waals surface area contributed by atoms with Gasteiger partial charge in [0.2, 0.25) is 0 Å². The standard InChI is InChI=1S/C12H12N6O2/c1-19-9-4-3-8(7-10(9)20-2)13-11-5-6-12-14-16-17-18(12)15-11/h3-7H,1-2H3,(H,13,15). The number of ether oxygens (including phenoxy) is 2. The lowest BCUT2D eigenvalue weighted by molar-refractivity contribution is 0.355. The maximum Gasteiger partial charge on any atom is 0.200 e. The SMILES string of the molecule is COc1ccc(Nc2ccc3nnnn3n2)cc1OC. The highest BCUT2D eigenvalue weighted by molar-refractivity contribution is 5.61. The molecule has 0 saturated heterocycles. The minimum Gasteiger partial charge on any atom is -0.493 e. The number of benzene rings is 1. The van der Waals surface area contributed by atoms with Crippen molar-refractivity contribution in [2.45, 2.75) is 0 Å². The molecule has 0 aliphatic carbocycles. The van der Waals surface area contributed by atoms with Gasteiger partial charge in [0, 0.05) is 11.8 Å². The second-order valence-corrected chi connectivity index (χ2v) is 3.94. The van der Waals surface area contributed by atoms with Crippen molar-refractivity contribution in [3.05, 3.63) is 30.3 Å². The van der Waals surface area contributed by atoms with Crippen LogP contribution in [0.4, 0.5) is 11.5 Å². The van der Waals surface area contributed by atoms with E-state index in [0.29, 0.717) is 23.0 Å². The minimum absolute atomic E-state index is 0.586. The van der Waals surface area contributed by atoms with Crippen LogP contribution in [0.15, 0.2) is 30.3 Å². The third-order valence-electron chi connectivity index (χ3n) is 2.73. The van der Waals surface area contributed by atoms with Gasteiger partial charge in [0.15, 0.2) is 23.0 Å². The Balaban J connectivity index is 1.89. The summed E-state index contributed by atoms with van der Waals surface area (Å²) in [5.74, 6) is 1.93. The Morgan fingerprint density at radius 1 is 1.05 bits per heavy atom. The Kier molecular flexibility index (Phi) is 3.04. The van der Waals surface area contributed by atoms with Gasteiger partial charge in [0.1, 0.15) is 0 Å². The Morgan fingerprint density at radius 3 is 2.70 bits per heavy atom. The van der Waals surface area contributed by atoms with E-state index in [9.17, 15) is 0 Å². The molecular weight excluding hydrogens is 260 g/mol. The van der Waals surface area contributed by atoms with Crippen LogP contribution < -0.4 is 14.8 Å². The summed E-state index contributed by atoms with van der Waals surface area (Å²) in [6.07, 6.45) is 0. The summed E-state index contributed by atoms with van der Waals surface area (Å²) >= 11 is 0. The van der Waals surface area contributed by atoms with Crippen molar-refractivity contribution in [1.29, 1.82) is 0 Å². The fraction of sp³-hybridized carbons (Fsp3) is 0.167. The van der Waals surface area contributed by atoms with Crippen LogP contribution in [0.1, 0.15) is 0 Å². The van der Waals surface area contributed by atoms with Crippen LogP contribution in [0.25, 0.3) is 5.65 Å². The van der Waals surface area contributed by atoms with Gasteiger partial charge in [0.25, 0.3) is 0 Å². The van der Waals surface area contributed by atoms with Gasteiger partial charge < -0.3 is 14.8 Å². The average molecular weight is 272 g/mol. The molecule has 0 radical (unpaired) electrons. The van der Waals surface area contributed by atoms with E-state index < -0.39 is 0 Å². The number of anilines is 2. The number of tetrazole rings is 1. The third kappa shape index (κ3) is 2.18. The highest BCUT2D eigenvalue weighted by Gasteiger charge is 2.06. The molecule has 0 fully saturated rings. The predicted molar refractivity (Wildman–Crippen MR) is 71.4 cm³/mol. The largest absolute Gasteiger partial charge is 0.493 e. The molecule has 20 heavy (non-hydrogen) atoms. The molecule has 0 unspecified atom stereocenters. The van der Waals surface area contributed by atoms with E-state index in [4.69, 9.17) is 9.47 Å². The van der Waals surface area contributed by atoms with Crippen molar-refractivity contribution in [1.82, 2.24) is 25.3 Å². The Labute approximate surface area is 114 Å². The molecule has 3 aromatic rings. The van der Waals surface area contributed by atoms with E-state index in [1.54, 1.807) is 26.4 Å². The van der Waals surface area contributed by atoms with Crippen LogP contribution in [0, 0.1) is 0 Å². The number of rotatable bonds is 4. The lowest BCUT2D eigenvalue weighted by Crippen LogP contribution is -2.00. The first kappa shape index (κ1) is 12.2. The van der Waals surface area contributed by atoms with E-state index in [1.807, 2.05) is 18.2 Å². The summed E-state index contributed by atoms with van der Waals surface area (Å²) in [5.41, 5.74) is 1.41. The van der Waals surface area contributed by atoms with E-state index in [1.165, 1.54) is 4.63 Å². The third-order valence-corrected chi connectivity index (χ3v) is 2.73. The number of hydrogen-bond acceptors (Lipinski definition) is 7. The number of nitrogens with one attached hydrogen (secondary N) is 1. The van der Waals surface area contributed by atoms with Gasteiger partial charge >= 0.3 is 0 Å². The molecule has 1 aromatic carbocycles. The molecule has 0 saturated carbocycles. The molecule has 2 heterocycles. The fourth-order valence-corrected chi connectivity index (χ4v) is 1.78. The zero-order valence-corrected chi connectivity index (χ0v) is 10.9. The summed E-state index contributed by atoms with van der Waals surface area (Å²) < 4.78 is 11.8. The maximum absolute atomic E-state index is 5.25. The van der Waals surface area contributed by atoms with Crippen LogP contribution in [0.2, 0.25) is 0 Å². The molecule has 8 heteroatoms. The van der Waals surface area contributed by atoms with Crippen molar-refractivity contribution in [3.8, 4) is 11.5 Å². The van der Waals surface area contributed by atoms with Gasteiger partial charge in [-0.05, 0) is 34.7 Å². The number of hydrogen-bond donors (Lipinski definition) is 1. The van der Waals surface area contributed by atoms with E-state index >= 15 is 0 Å². The molecule has 0 spiro atoms. The van der Waals surface area contributed by atoms with Crippen LogP contribution in [-0.2, 0) is 0 Å². The van der Waals surface area contributed by atoms with Gasteiger partial charge in [0.05, 0.1) is 14.2 Å². The van der Waals surface area contributed by atoms with E-state index in [-0.39, 0.29) is 0 Å². The molecule has 0 aliphatic rings. The number of methoxy groups -OCH3 is 2. The quantitative estimate of drug-likeness (QED) is 0.765. The van der Waals surface area contributed by atoms with E-state index in [2.05, 4.69) is 25.9 Å². The zero-order valence-electron chi connectivity index (χ0n) is 10.9. The highest BCUT2D eigenvalue weighted by Crippen LogP contribution is 2.30. The first-order valence-corrected chi connectivity index (χ1v) is 5.84. The minimum atomic E-state index is 0.586. The Bertz CT molecular complexity index is 742. The molecule has 0 atom stereocenters. The first-order chi connectivity index (χ1) is 9.80. The number of fused-ring (bicyclic) bond motifs is 1. The molecule has 102 valence electrons. The average Bonchev–Trinajstić information content (AvgIpc) is 2.94. The van der Waals surface area contributed by atoms with Crippen LogP contribution >= 0.6 is 0 Å². The van der Waals surface area contributed by atoms with Gasteiger partial charge in [-0.1, -0.05) is 0 Å². The number of aromatic nitrogens is 5. The van der Waals surface area contributed by atoms with Crippen molar-refractivity contribution in [3.63, 3.8) is 0 Å². The summed E-state index contributed by atoms with van der Waals surface area (Å²) in [6, 6.07) is 9.08. The smallest absolute Gasteiger partial charge is 0.200 e. The summed E-state index contributed by atoms with van der Waals surface area (Å²) in [7, 11) is 3.19. The fourth-order valence-electron chi connectivity index (χ4n) is 1.78. The van der Waals surface area contributed by atoms with Gasteiger partial charge in [-0.25, -0.2) is 0 Å². The molecule has 0 aliphatic heterocycles. The topological polar surface area (TPSA) is 86.5 Å². The monoisotopic (exact) mass is 272 g/mol. The molecule has 0 amide bonds. The first-order valence-electron chi connectivity index (χ1n) is 5.84. The van der Waals surface area contributed by atoms with Gasteiger partial charge in [-0.15, -0.1) is 14.8 Å². The highest BCUT2D eigenvalue weighted by atomic mass is 16.5. The number of nitrogens with zero attached hydrogens (tertiary/aromatic N) is 5. The predicted octanol–water partition coefficient (Wildman–Crippen LogP) is 1.28. The lowest BCUT2D eigenvalue weighted by atomic mass is 10.2. The lowest BCUT2D eigenvalue weighted by Gasteiger charge is -2.10. The van der Waals surface area contributed by atoms with Gasteiger partial charge in [-0.3, -0.25) is 0 Å². The van der Waals surface area contributed by atoms with Crippen molar-refractivity contribution < 1.29 is 9.47 Å². The van der Waals surface area contributed by atoms with E-state index in [0.717, 1.165) is 5.69 Å². The molecule has 1 N–H and O–H groups in total. The summed E-state index contributed by atoms with van der Waals surface area (Å²) in [5, 5.41) is 18.4. The van der Waals surface area contributed by atoms with Crippen LogP contribution in [-0.4, -0.2) is 39.5 Å². The van der Waals surface area contributed by atoms with Gasteiger partial charge in [-0.2, -0.15) is 0 Å². The molecule has 8 nitrogen and oxygen atoms in total. The van der Waals surface area contributed by atoms with Crippen molar-refractivity contribution in [2.75, 3.05) is 19.5 Å². The zero-order chi connectivity index (χ0) is 13.9.